The maximum absolute atomic E-state index is 12.9. The molecule has 0 atom stereocenters. The topological polar surface area (TPSA) is 38.1 Å². The molecule has 27 heavy (non-hydrogen) atoms. The van der Waals surface area contributed by atoms with Crippen LogP contribution in [-0.2, 0) is 17.8 Å². The highest BCUT2D eigenvalue weighted by Crippen LogP contribution is 2.20. The lowest BCUT2D eigenvalue weighted by Gasteiger charge is -2.18. The number of para-hydroxylation sites is 3. The van der Waals surface area contributed by atoms with Gasteiger partial charge in [-0.15, -0.1) is 0 Å². The average molecular weight is 355 g/mol. The molecule has 0 spiro atoms. The molecule has 0 N–H and O–H groups in total. The van der Waals surface area contributed by atoms with Crippen LogP contribution in [0.15, 0.2) is 84.9 Å². The van der Waals surface area contributed by atoms with Crippen molar-refractivity contribution in [2.45, 2.75) is 13.0 Å². The van der Waals surface area contributed by atoms with Crippen molar-refractivity contribution in [3.8, 4) is 0 Å². The predicted octanol–water partition coefficient (Wildman–Crippen LogP) is 4.29. The summed E-state index contributed by atoms with van der Waals surface area (Å²) < 4.78 is 2.03. The zero-order valence-electron chi connectivity index (χ0n) is 15.2. The van der Waals surface area contributed by atoms with Crippen LogP contribution in [0.3, 0.4) is 0 Å². The fraction of sp³-hybridized carbons (Fsp3) is 0.130. The van der Waals surface area contributed by atoms with Gasteiger partial charge in [-0.2, -0.15) is 0 Å². The van der Waals surface area contributed by atoms with Gasteiger partial charge in [-0.05, 0) is 29.8 Å². The molecular formula is C23H21N3O. The Morgan fingerprint density at radius 2 is 1.52 bits per heavy atom. The molecule has 1 heterocycles. The minimum absolute atomic E-state index is 0.0265. The summed E-state index contributed by atoms with van der Waals surface area (Å²) in [5.74, 6) is 0.927. The van der Waals surface area contributed by atoms with E-state index in [2.05, 4.69) is 12.1 Å². The van der Waals surface area contributed by atoms with E-state index in [-0.39, 0.29) is 12.5 Å². The number of carbonyl (C=O) groups excluding carboxylic acids is 1. The zero-order chi connectivity index (χ0) is 18.6. The number of anilines is 1. The van der Waals surface area contributed by atoms with Crippen LogP contribution in [0.5, 0.6) is 0 Å². The summed E-state index contributed by atoms with van der Waals surface area (Å²) in [7, 11) is 1.81. The molecule has 1 aromatic heterocycles. The van der Waals surface area contributed by atoms with Crippen molar-refractivity contribution in [2.24, 2.45) is 0 Å². The summed E-state index contributed by atoms with van der Waals surface area (Å²) in [4.78, 5) is 19.4. The third-order valence-electron chi connectivity index (χ3n) is 4.75. The SMILES string of the molecule is CN(C(=O)Cn1c(Cc2ccccc2)nc2ccccc21)c1ccccc1. The summed E-state index contributed by atoms with van der Waals surface area (Å²) in [6.07, 6.45) is 0.692. The Bertz CT molecular complexity index is 1050. The molecule has 4 rings (SSSR count). The molecule has 1 amide bonds. The van der Waals surface area contributed by atoms with Crippen molar-refractivity contribution >= 4 is 22.6 Å². The van der Waals surface area contributed by atoms with E-state index < -0.39 is 0 Å². The van der Waals surface area contributed by atoms with Crippen LogP contribution < -0.4 is 4.90 Å². The van der Waals surface area contributed by atoms with E-state index >= 15 is 0 Å². The van der Waals surface area contributed by atoms with Gasteiger partial charge in [-0.25, -0.2) is 4.98 Å². The van der Waals surface area contributed by atoms with E-state index in [1.165, 1.54) is 5.56 Å². The van der Waals surface area contributed by atoms with Gasteiger partial charge in [0.15, 0.2) is 0 Å². The number of fused-ring (bicyclic) bond motifs is 1. The minimum Gasteiger partial charge on any atom is -0.318 e. The normalized spacial score (nSPS) is 10.9. The van der Waals surface area contributed by atoms with Crippen molar-refractivity contribution in [1.29, 1.82) is 0 Å². The zero-order valence-corrected chi connectivity index (χ0v) is 15.2. The molecule has 4 nitrogen and oxygen atoms in total. The summed E-state index contributed by atoms with van der Waals surface area (Å²) in [6.45, 7) is 0.258. The summed E-state index contributed by atoms with van der Waals surface area (Å²) >= 11 is 0. The van der Waals surface area contributed by atoms with Crippen LogP contribution in [0.25, 0.3) is 11.0 Å². The van der Waals surface area contributed by atoms with Gasteiger partial charge in [0.2, 0.25) is 5.91 Å². The number of likely N-dealkylation sites (N-methyl/N-ethyl adjacent to an activating group) is 1. The second kappa shape index (κ2) is 7.46. The first kappa shape index (κ1) is 17.0. The Labute approximate surface area is 158 Å². The average Bonchev–Trinajstić information content (AvgIpc) is 3.06. The number of nitrogens with zero attached hydrogens (tertiary/aromatic N) is 3. The minimum atomic E-state index is 0.0265. The number of imidazole rings is 1. The van der Waals surface area contributed by atoms with Crippen molar-refractivity contribution in [3.63, 3.8) is 0 Å². The molecule has 0 saturated heterocycles. The number of carbonyl (C=O) groups is 1. The van der Waals surface area contributed by atoms with E-state index in [1.807, 2.05) is 84.4 Å². The first-order valence-corrected chi connectivity index (χ1v) is 9.02. The Kier molecular flexibility index (Phi) is 4.71. The first-order valence-electron chi connectivity index (χ1n) is 9.02. The van der Waals surface area contributed by atoms with Crippen molar-refractivity contribution < 1.29 is 4.79 Å². The molecule has 0 aliphatic heterocycles. The largest absolute Gasteiger partial charge is 0.318 e. The monoisotopic (exact) mass is 355 g/mol. The Morgan fingerprint density at radius 3 is 2.26 bits per heavy atom. The molecule has 4 heteroatoms. The summed E-state index contributed by atoms with van der Waals surface area (Å²) in [5, 5.41) is 0. The maximum Gasteiger partial charge on any atom is 0.246 e. The lowest BCUT2D eigenvalue weighted by molar-refractivity contribution is -0.118. The van der Waals surface area contributed by atoms with Crippen LogP contribution in [0, 0.1) is 0 Å². The lowest BCUT2D eigenvalue weighted by atomic mass is 10.1. The second-order valence-corrected chi connectivity index (χ2v) is 6.55. The van der Waals surface area contributed by atoms with Gasteiger partial charge in [0.1, 0.15) is 12.4 Å². The highest BCUT2D eigenvalue weighted by molar-refractivity contribution is 5.93. The third-order valence-corrected chi connectivity index (χ3v) is 4.75. The van der Waals surface area contributed by atoms with E-state index in [9.17, 15) is 4.79 Å². The van der Waals surface area contributed by atoms with Crippen molar-refractivity contribution in [3.05, 3.63) is 96.3 Å². The van der Waals surface area contributed by atoms with Crippen molar-refractivity contribution in [1.82, 2.24) is 9.55 Å². The van der Waals surface area contributed by atoms with Crippen LogP contribution in [0.2, 0.25) is 0 Å². The first-order chi connectivity index (χ1) is 13.2. The molecular weight excluding hydrogens is 334 g/mol. The van der Waals surface area contributed by atoms with Gasteiger partial charge in [0, 0.05) is 19.2 Å². The van der Waals surface area contributed by atoms with Crippen LogP contribution in [0.4, 0.5) is 5.69 Å². The van der Waals surface area contributed by atoms with Crippen LogP contribution >= 0.6 is 0 Å². The molecule has 0 radical (unpaired) electrons. The van der Waals surface area contributed by atoms with Gasteiger partial charge >= 0.3 is 0 Å². The number of hydrogen-bond acceptors (Lipinski definition) is 2. The molecule has 3 aromatic carbocycles. The standard InChI is InChI=1S/C23H21N3O/c1-25(19-12-6-3-7-13-19)23(27)17-26-21-15-9-8-14-20(21)24-22(26)16-18-10-4-2-5-11-18/h2-15H,16-17H2,1H3. The van der Waals surface area contributed by atoms with E-state index in [1.54, 1.807) is 4.90 Å². The maximum atomic E-state index is 12.9. The number of benzene rings is 3. The van der Waals surface area contributed by atoms with E-state index in [0.717, 1.165) is 22.5 Å². The number of hydrogen-bond donors (Lipinski definition) is 0. The number of rotatable bonds is 5. The highest BCUT2D eigenvalue weighted by atomic mass is 16.2. The third kappa shape index (κ3) is 3.60. The van der Waals surface area contributed by atoms with E-state index in [0.29, 0.717) is 6.42 Å². The van der Waals surface area contributed by atoms with Gasteiger partial charge < -0.3 is 9.47 Å². The predicted molar refractivity (Wildman–Crippen MR) is 109 cm³/mol. The fourth-order valence-electron chi connectivity index (χ4n) is 3.25. The Morgan fingerprint density at radius 1 is 0.889 bits per heavy atom. The summed E-state index contributed by atoms with van der Waals surface area (Å²) in [5.41, 5.74) is 3.96. The molecule has 0 fully saturated rings. The Hall–Kier alpha value is -3.40. The Balaban J connectivity index is 1.67. The smallest absolute Gasteiger partial charge is 0.246 e. The molecule has 0 aliphatic carbocycles. The molecule has 134 valence electrons. The van der Waals surface area contributed by atoms with E-state index in [4.69, 9.17) is 4.98 Å². The fourth-order valence-corrected chi connectivity index (χ4v) is 3.25. The van der Waals surface area contributed by atoms with Crippen LogP contribution in [0.1, 0.15) is 11.4 Å². The van der Waals surface area contributed by atoms with Gasteiger partial charge in [-0.1, -0.05) is 60.7 Å². The van der Waals surface area contributed by atoms with Crippen molar-refractivity contribution in [2.75, 3.05) is 11.9 Å². The number of amides is 1. The van der Waals surface area contributed by atoms with Gasteiger partial charge in [-0.3, -0.25) is 4.79 Å². The molecule has 0 unspecified atom stereocenters. The highest BCUT2D eigenvalue weighted by Gasteiger charge is 2.17. The molecule has 0 saturated carbocycles. The quantitative estimate of drug-likeness (QED) is 0.536. The molecule has 4 aromatic rings. The van der Waals surface area contributed by atoms with Gasteiger partial charge in [0.25, 0.3) is 0 Å². The summed E-state index contributed by atoms with van der Waals surface area (Å²) in [6, 6.07) is 27.9. The van der Waals surface area contributed by atoms with Gasteiger partial charge in [0.05, 0.1) is 11.0 Å². The second-order valence-electron chi connectivity index (χ2n) is 6.55. The van der Waals surface area contributed by atoms with Crippen LogP contribution in [-0.4, -0.2) is 22.5 Å². The lowest BCUT2D eigenvalue weighted by Crippen LogP contribution is -2.30. The molecule has 0 bridgehead atoms. The number of aromatic nitrogens is 2. The molecule has 0 aliphatic rings.